The third kappa shape index (κ3) is 2.70. The zero-order valence-electron chi connectivity index (χ0n) is 15.6. The highest BCUT2D eigenvalue weighted by atomic mass is 19.1. The maximum Gasteiger partial charge on any atom is 0.242 e. The Bertz CT molecular complexity index is 745. The average molecular weight is 332 g/mol. The number of piperazine rings is 1. The van der Waals surface area contributed by atoms with Crippen LogP contribution in [0.5, 0.6) is 0 Å². The minimum Gasteiger partial charge on any atom is -0.332 e. The lowest BCUT2D eigenvalue weighted by Crippen LogP contribution is -2.56. The summed E-state index contributed by atoms with van der Waals surface area (Å²) in [6.07, 6.45) is 1.34. The van der Waals surface area contributed by atoms with Crippen molar-refractivity contribution in [3.05, 3.63) is 35.1 Å². The topological polar surface area (TPSA) is 40.6 Å². The smallest absolute Gasteiger partial charge is 0.242 e. The second kappa shape index (κ2) is 6.19. The van der Waals surface area contributed by atoms with Gasteiger partial charge in [-0.3, -0.25) is 9.59 Å². The fraction of sp³-hybridized carbons (Fsp3) is 0.579. The Labute approximate surface area is 144 Å². The van der Waals surface area contributed by atoms with Crippen LogP contribution in [0, 0.1) is 11.7 Å². The number of halogens is 1. The van der Waals surface area contributed by atoms with Crippen molar-refractivity contribution in [1.82, 2.24) is 9.80 Å². The van der Waals surface area contributed by atoms with E-state index in [1.165, 1.54) is 12.1 Å². The second-order valence-corrected chi connectivity index (χ2v) is 6.94. The van der Waals surface area contributed by atoms with E-state index in [9.17, 15) is 14.0 Å². The van der Waals surface area contributed by atoms with Crippen molar-refractivity contribution >= 4 is 11.8 Å². The van der Waals surface area contributed by atoms with Gasteiger partial charge in [0.25, 0.3) is 0 Å². The summed E-state index contributed by atoms with van der Waals surface area (Å²) in [5, 5.41) is 0. The van der Waals surface area contributed by atoms with Crippen LogP contribution in [0.25, 0.3) is 0 Å². The first-order valence-corrected chi connectivity index (χ1v) is 8.71. The fourth-order valence-corrected chi connectivity index (χ4v) is 4.19. The first kappa shape index (κ1) is 13.4. The van der Waals surface area contributed by atoms with E-state index in [-0.39, 0.29) is 36.1 Å². The van der Waals surface area contributed by atoms with Gasteiger partial charge in [0.05, 0.1) is 12.6 Å². The molecule has 5 heteroatoms. The van der Waals surface area contributed by atoms with Gasteiger partial charge in [-0.15, -0.1) is 0 Å². The lowest BCUT2D eigenvalue weighted by molar-refractivity contribution is -0.152. The molecule has 4 nitrogen and oxygen atoms in total. The molecule has 0 unspecified atom stereocenters. The number of amides is 2. The van der Waals surface area contributed by atoms with Crippen LogP contribution in [0.4, 0.5) is 4.39 Å². The molecular weight excluding hydrogens is 307 g/mol. The van der Waals surface area contributed by atoms with E-state index in [4.69, 9.17) is 2.74 Å². The second-order valence-electron chi connectivity index (χ2n) is 6.94. The first-order chi connectivity index (χ1) is 12.3. The molecule has 0 N–H and O–H groups in total. The van der Waals surface area contributed by atoms with Gasteiger partial charge in [0.2, 0.25) is 11.8 Å². The van der Waals surface area contributed by atoms with Crippen LogP contribution in [0.1, 0.15) is 52.0 Å². The number of nitrogens with zero attached hydrogens (tertiary/aromatic N) is 2. The molecule has 0 radical (unpaired) electrons. The highest BCUT2D eigenvalue weighted by Crippen LogP contribution is 2.35. The monoisotopic (exact) mass is 332 g/mol. The number of fused-ring (bicyclic) bond motifs is 3. The van der Waals surface area contributed by atoms with Gasteiger partial charge in [0.1, 0.15) is 5.82 Å². The predicted octanol–water partition coefficient (Wildman–Crippen LogP) is 2.67. The molecule has 0 aromatic heterocycles. The SMILES string of the molecule is [2H]C1([2H])CCC(C(=O)N2CC(=O)N3CCc4ccc(F)cc4[C@H]3C2)CC1. The van der Waals surface area contributed by atoms with Crippen LogP contribution in [0.3, 0.4) is 0 Å². The Morgan fingerprint density at radius 2 is 2.08 bits per heavy atom. The highest BCUT2D eigenvalue weighted by Gasteiger charge is 2.40. The molecule has 2 amide bonds. The van der Waals surface area contributed by atoms with E-state index < -0.39 is 6.37 Å². The zero-order chi connectivity index (χ0) is 18.5. The van der Waals surface area contributed by atoms with Crippen molar-refractivity contribution in [3.8, 4) is 0 Å². The van der Waals surface area contributed by atoms with Crippen LogP contribution in [0.2, 0.25) is 0 Å². The lowest BCUT2D eigenvalue weighted by Gasteiger charge is -2.45. The standard InChI is InChI=1S/C19H23FN2O2/c20-15-7-6-13-8-9-22-17(16(13)10-15)11-21(12-18(22)23)19(24)14-4-2-1-3-5-14/h6-7,10,14,17H,1-5,8-9,11-12H2/t17-/m1/s1/i1D2. The van der Waals surface area contributed by atoms with Crippen molar-refractivity contribution in [2.75, 3.05) is 19.6 Å². The first-order valence-electron chi connectivity index (χ1n) is 9.71. The summed E-state index contributed by atoms with van der Waals surface area (Å²) in [6, 6.07) is 4.42. The molecule has 0 bridgehead atoms. The minimum atomic E-state index is -1.19. The van der Waals surface area contributed by atoms with Crippen molar-refractivity contribution < 1.29 is 16.7 Å². The van der Waals surface area contributed by atoms with Crippen LogP contribution in [0.15, 0.2) is 18.2 Å². The van der Waals surface area contributed by atoms with E-state index >= 15 is 0 Å². The van der Waals surface area contributed by atoms with E-state index in [1.54, 1.807) is 15.9 Å². The third-order valence-corrected chi connectivity index (χ3v) is 5.51. The minimum absolute atomic E-state index is 0.0583. The Kier molecular flexibility index (Phi) is 3.45. The molecule has 1 saturated heterocycles. The van der Waals surface area contributed by atoms with Crippen molar-refractivity contribution in [2.24, 2.45) is 5.92 Å². The van der Waals surface area contributed by atoms with Gasteiger partial charge in [-0.1, -0.05) is 25.3 Å². The Hall–Kier alpha value is -1.91. The van der Waals surface area contributed by atoms with Gasteiger partial charge >= 0.3 is 0 Å². The van der Waals surface area contributed by atoms with Gasteiger partial charge in [-0.25, -0.2) is 4.39 Å². The molecule has 0 spiro atoms. The summed E-state index contributed by atoms with van der Waals surface area (Å²) in [4.78, 5) is 28.9. The maximum atomic E-state index is 13.8. The van der Waals surface area contributed by atoms with Gasteiger partial charge < -0.3 is 9.80 Å². The molecule has 1 saturated carbocycles. The summed E-state index contributed by atoms with van der Waals surface area (Å²) in [5.74, 6) is -0.683. The molecule has 1 aliphatic carbocycles. The molecule has 128 valence electrons. The molecule has 2 fully saturated rings. The van der Waals surface area contributed by atoms with Crippen molar-refractivity contribution in [2.45, 2.75) is 44.5 Å². The maximum absolute atomic E-state index is 13.8. The van der Waals surface area contributed by atoms with Gasteiger partial charge in [-0.2, -0.15) is 0 Å². The van der Waals surface area contributed by atoms with E-state index in [1.807, 2.05) is 0 Å². The quantitative estimate of drug-likeness (QED) is 0.793. The van der Waals surface area contributed by atoms with Gasteiger partial charge in [-0.05, 0) is 42.5 Å². The van der Waals surface area contributed by atoms with Crippen LogP contribution < -0.4 is 0 Å². The van der Waals surface area contributed by atoms with Gasteiger partial charge in [0, 0.05) is 21.7 Å². The van der Waals surface area contributed by atoms with Crippen molar-refractivity contribution in [3.63, 3.8) is 0 Å². The van der Waals surface area contributed by atoms with Crippen LogP contribution >= 0.6 is 0 Å². The van der Waals surface area contributed by atoms with E-state index in [2.05, 4.69) is 0 Å². The molecule has 1 atom stereocenters. The van der Waals surface area contributed by atoms with E-state index in [0.29, 0.717) is 45.2 Å². The largest absolute Gasteiger partial charge is 0.332 e. The molecule has 1 aromatic rings. The molecule has 24 heavy (non-hydrogen) atoms. The summed E-state index contributed by atoms with van der Waals surface area (Å²) >= 11 is 0. The number of benzene rings is 1. The van der Waals surface area contributed by atoms with Gasteiger partial charge in [0.15, 0.2) is 0 Å². The third-order valence-electron chi connectivity index (χ3n) is 5.51. The van der Waals surface area contributed by atoms with Crippen LogP contribution in [-0.2, 0) is 16.0 Å². The number of hydrogen-bond donors (Lipinski definition) is 0. The zero-order valence-corrected chi connectivity index (χ0v) is 13.6. The average Bonchev–Trinajstić information content (AvgIpc) is 2.61. The lowest BCUT2D eigenvalue weighted by atomic mass is 9.86. The molecule has 1 aromatic carbocycles. The highest BCUT2D eigenvalue weighted by molar-refractivity contribution is 5.87. The number of carbonyl (C=O) groups is 2. The Morgan fingerprint density at radius 3 is 2.88 bits per heavy atom. The summed E-state index contributed by atoms with van der Waals surface area (Å²) in [7, 11) is 0. The number of carbonyl (C=O) groups excluding carboxylic acids is 2. The van der Waals surface area contributed by atoms with Crippen LogP contribution in [-0.4, -0.2) is 41.2 Å². The molecular formula is C19H23FN2O2. The summed E-state index contributed by atoms with van der Waals surface area (Å²) in [6.45, 7) is 1.07. The molecule has 3 aliphatic rings. The summed E-state index contributed by atoms with van der Waals surface area (Å²) < 4.78 is 29.4. The molecule has 2 heterocycles. The predicted molar refractivity (Wildman–Crippen MR) is 87.7 cm³/mol. The summed E-state index contributed by atoms with van der Waals surface area (Å²) in [5.41, 5.74) is 1.85. The molecule has 4 rings (SSSR count). The number of rotatable bonds is 1. The Balaban J connectivity index is 1.54. The molecule has 2 aliphatic heterocycles. The normalized spacial score (nSPS) is 27.9. The van der Waals surface area contributed by atoms with E-state index in [0.717, 1.165) is 11.1 Å². The number of hydrogen-bond acceptors (Lipinski definition) is 2. The fourth-order valence-electron chi connectivity index (χ4n) is 4.19. The van der Waals surface area contributed by atoms with Crippen molar-refractivity contribution in [1.29, 1.82) is 0 Å². The Morgan fingerprint density at radius 1 is 1.29 bits per heavy atom.